The molecule has 0 heterocycles. The molecule has 1 rings (SSSR count). The third kappa shape index (κ3) is 4.80. The van der Waals surface area contributed by atoms with Gasteiger partial charge in [0, 0.05) is 4.90 Å². The lowest BCUT2D eigenvalue weighted by Crippen LogP contribution is -2.48. The number of esters is 1. The molecule has 0 aliphatic rings. The second kappa shape index (κ2) is 8.27. The normalized spacial score (nSPS) is 13.8. The van der Waals surface area contributed by atoms with Crippen LogP contribution in [-0.2, 0) is 9.53 Å². The van der Waals surface area contributed by atoms with E-state index in [4.69, 9.17) is 4.74 Å². The van der Waals surface area contributed by atoms with Gasteiger partial charge in [0.15, 0.2) is 0 Å². The van der Waals surface area contributed by atoms with Crippen molar-refractivity contribution < 1.29 is 13.9 Å². The molecule has 1 atom stereocenters. The first kappa shape index (κ1) is 17.0. The van der Waals surface area contributed by atoms with Gasteiger partial charge in [-0.15, -0.1) is 11.8 Å². The summed E-state index contributed by atoms with van der Waals surface area (Å²) in [6, 6.07) is 6.72. The van der Waals surface area contributed by atoms with Crippen molar-refractivity contribution in [3.8, 4) is 0 Å². The van der Waals surface area contributed by atoms with Gasteiger partial charge < -0.3 is 10.1 Å². The molecule has 1 unspecified atom stereocenters. The second-order valence-electron chi connectivity index (χ2n) is 4.69. The molecule has 0 bridgehead atoms. The molecular formula is C15H22FNO2S. The van der Waals surface area contributed by atoms with E-state index in [1.165, 1.54) is 17.8 Å². The van der Waals surface area contributed by atoms with E-state index >= 15 is 0 Å². The van der Waals surface area contributed by atoms with E-state index in [2.05, 4.69) is 5.32 Å². The average molecular weight is 299 g/mol. The topological polar surface area (TPSA) is 38.3 Å². The van der Waals surface area contributed by atoms with Gasteiger partial charge in [-0.3, -0.25) is 4.79 Å². The van der Waals surface area contributed by atoms with Crippen LogP contribution in [0.2, 0.25) is 0 Å². The SMILES string of the molecule is CCOC(=O)C(C)(CCCSc1ccccc1F)NC. The summed E-state index contributed by atoms with van der Waals surface area (Å²) in [6.07, 6.45) is 1.46. The van der Waals surface area contributed by atoms with Crippen LogP contribution in [0.5, 0.6) is 0 Å². The average Bonchev–Trinajstić information content (AvgIpc) is 2.45. The summed E-state index contributed by atoms with van der Waals surface area (Å²) in [7, 11) is 1.75. The molecule has 0 aliphatic heterocycles. The monoisotopic (exact) mass is 299 g/mol. The summed E-state index contributed by atoms with van der Waals surface area (Å²) < 4.78 is 18.5. The largest absolute Gasteiger partial charge is 0.465 e. The molecule has 0 aliphatic carbocycles. The van der Waals surface area contributed by atoms with Gasteiger partial charge in [0.25, 0.3) is 0 Å². The molecule has 1 aromatic rings. The fraction of sp³-hybridized carbons (Fsp3) is 0.533. The van der Waals surface area contributed by atoms with Crippen molar-refractivity contribution in [3.05, 3.63) is 30.1 Å². The molecule has 112 valence electrons. The zero-order chi connectivity index (χ0) is 15.0. The number of hydrogen-bond donors (Lipinski definition) is 1. The highest BCUT2D eigenvalue weighted by Gasteiger charge is 2.32. The summed E-state index contributed by atoms with van der Waals surface area (Å²) in [5.74, 6) is 0.329. The zero-order valence-corrected chi connectivity index (χ0v) is 13.1. The number of thioether (sulfide) groups is 1. The van der Waals surface area contributed by atoms with Gasteiger partial charge in [-0.25, -0.2) is 4.39 Å². The number of carbonyl (C=O) groups is 1. The quantitative estimate of drug-likeness (QED) is 0.454. The van der Waals surface area contributed by atoms with Crippen molar-refractivity contribution in [2.45, 2.75) is 37.1 Å². The van der Waals surface area contributed by atoms with Gasteiger partial charge in [0.2, 0.25) is 0 Å². The molecule has 1 aromatic carbocycles. The highest BCUT2D eigenvalue weighted by atomic mass is 32.2. The zero-order valence-electron chi connectivity index (χ0n) is 12.2. The van der Waals surface area contributed by atoms with Crippen LogP contribution in [0.15, 0.2) is 29.2 Å². The van der Waals surface area contributed by atoms with E-state index in [-0.39, 0.29) is 11.8 Å². The van der Waals surface area contributed by atoms with Crippen molar-refractivity contribution in [2.24, 2.45) is 0 Å². The number of rotatable bonds is 8. The van der Waals surface area contributed by atoms with Crippen LogP contribution < -0.4 is 5.32 Å². The van der Waals surface area contributed by atoms with Gasteiger partial charge in [-0.2, -0.15) is 0 Å². The van der Waals surface area contributed by atoms with Gasteiger partial charge in [-0.1, -0.05) is 12.1 Å². The van der Waals surface area contributed by atoms with E-state index in [1.807, 2.05) is 13.0 Å². The van der Waals surface area contributed by atoms with Gasteiger partial charge >= 0.3 is 5.97 Å². The summed E-state index contributed by atoms with van der Waals surface area (Å²) in [5, 5.41) is 3.02. The maximum absolute atomic E-state index is 13.4. The maximum Gasteiger partial charge on any atom is 0.326 e. The Balaban J connectivity index is 2.42. The fourth-order valence-corrected chi connectivity index (χ4v) is 2.68. The van der Waals surface area contributed by atoms with Crippen molar-refractivity contribution >= 4 is 17.7 Å². The van der Waals surface area contributed by atoms with Crippen LogP contribution in [0, 0.1) is 5.82 Å². The Morgan fingerprint density at radius 3 is 2.75 bits per heavy atom. The minimum Gasteiger partial charge on any atom is -0.465 e. The summed E-state index contributed by atoms with van der Waals surface area (Å²) in [5.41, 5.74) is -0.675. The van der Waals surface area contributed by atoms with Gasteiger partial charge in [-0.05, 0) is 51.6 Å². The predicted octanol–water partition coefficient (Wildman–Crippen LogP) is 3.24. The Morgan fingerprint density at radius 1 is 1.45 bits per heavy atom. The Labute approximate surface area is 124 Å². The van der Waals surface area contributed by atoms with Crippen molar-refractivity contribution in [1.82, 2.24) is 5.32 Å². The molecule has 0 aromatic heterocycles. The van der Waals surface area contributed by atoms with Crippen molar-refractivity contribution in [3.63, 3.8) is 0 Å². The minimum atomic E-state index is -0.675. The Kier molecular flexibility index (Phi) is 7.02. The lowest BCUT2D eigenvalue weighted by Gasteiger charge is -2.26. The van der Waals surface area contributed by atoms with Gasteiger partial charge in [0.1, 0.15) is 11.4 Å². The lowest BCUT2D eigenvalue weighted by atomic mass is 9.97. The van der Waals surface area contributed by atoms with Crippen LogP contribution in [0.1, 0.15) is 26.7 Å². The third-order valence-electron chi connectivity index (χ3n) is 3.19. The van der Waals surface area contributed by atoms with Crippen LogP contribution in [0.4, 0.5) is 4.39 Å². The first-order valence-corrected chi connectivity index (χ1v) is 7.75. The maximum atomic E-state index is 13.4. The van der Waals surface area contributed by atoms with Crippen molar-refractivity contribution in [1.29, 1.82) is 0 Å². The number of carbonyl (C=O) groups excluding carboxylic acids is 1. The van der Waals surface area contributed by atoms with Crippen molar-refractivity contribution in [2.75, 3.05) is 19.4 Å². The molecule has 0 spiro atoms. The summed E-state index contributed by atoms with van der Waals surface area (Å²) in [6.45, 7) is 4.00. The van der Waals surface area contributed by atoms with Crippen LogP contribution in [0.25, 0.3) is 0 Å². The minimum absolute atomic E-state index is 0.195. The molecule has 20 heavy (non-hydrogen) atoms. The molecular weight excluding hydrogens is 277 g/mol. The highest BCUT2D eigenvalue weighted by Crippen LogP contribution is 2.24. The molecule has 0 saturated carbocycles. The number of benzene rings is 1. The standard InChI is InChI=1S/C15H22FNO2S/c1-4-19-14(18)15(2,17-3)10-7-11-20-13-9-6-5-8-12(13)16/h5-6,8-9,17H,4,7,10-11H2,1-3H3. The molecule has 0 radical (unpaired) electrons. The first-order chi connectivity index (χ1) is 9.53. The molecule has 0 fully saturated rings. The molecule has 1 N–H and O–H groups in total. The van der Waals surface area contributed by atoms with Crippen LogP contribution in [-0.4, -0.2) is 30.9 Å². The Hall–Kier alpha value is -1.07. The third-order valence-corrected chi connectivity index (χ3v) is 4.33. The number of ether oxygens (including phenoxy) is 1. The molecule has 5 heteroatoms. The van der Waals surface area contributed by atoms with Crippen LogP contribution >= 0.6 is 11.8 Å². The number of nitrogens with one attached hydrogen (secondary N) is 1. The van der Waals surface area contributed by atoms with Crippen LogP contribution in [0.3, 0.4) is 0 Å². The highest BCUT2D eigenvalue weighted by molar-refractivity contribution is 7.99. The second-order valence-corrected chi connectivity index (χ2v) is 5.82. The molecule has 3 nitrogen and oxygen atoms in total. The van der Waals surface area contributed by atoms with E-state index in [1.54, 1.807) is 26.1 Å². The van der Waals surface area contributed by atoms with E-state index in [0.29, 0.717) is 17.9 Å². The summed E-state index contributed by atoms with van der Waals surface area (Å²) >= 11 is 1.47. The van der Waals surface area contributed by atoms with E-state index in [0.717, 1.165) is 12.2 Å². The molecule has 0 amide bonds. The van der Waals surface area contributed by atoms with E-state index < -0.39 is 5.54 Å². The number of likely N-dealkylation sites (N-methyl/N-ethyl adjacent to an activating group) is 1. The Bertz CT molecular complexity index is 442. The van der Waals surface area contributed by atoms with E-state index in [9.17, 15) is 9.18 Å². The molecule has 0 saturated heterocycles. The number of halogens is 1. The fourth-order valence-electron chi connectivity index (χ4n) is 1.79. The Morgan fingerprint density at radius 2 is 2.15 bits per heavy atom. The predicted molar refractivity (Wildman–Crippen MR) is 80.5 cm³/mol. The first-order valence-electron chi connectivity index (χ1n) is 6.77. The smallest absolute Gasteiger partial charge is 0.326 e. The number of hydrogen-bond acceptors (Lipinski definition) is 4. The summed E-state index contributed by atoms with van der Waals surface area (Å²) in [4.78, 5) is 12.5. The lowest BCUT2D eigenvalue weighted by molar-refractivity contribution is -0.150. The van der Waals surface area contributed by atoms with Gasteiger partial charge in [0.05, 0.1) is 6.61 Å².